The SMILES string of the molecule is N#CC=C1NCCc2c1[nH]c1ccccc21. The van der Waals surface area contributed by atoms with Gasteiger partial charge in [-0.05, 0) is 18.1 Å². The van der Waals surface area contributed by atoms with E-state index < -0.39 is 0 Å². The van der Waals surface area contributed by atoms with E-state index in [0.29, 0.717) is 0 Å². The molecule has 2 N–H and O–H groups in total. The van der Waals surface area contributed by atoms with Crippen LogP contribution in [-0.2, 0) is 6.42 Å². The van der Waals surface area contributed by atoms with E-state index in [1.54, 1.807) is 6.08 Å². The van der Waals surface area contributed by atoms with Crippen LogP contribution in [0, 0.1) is 11.3 Å². The van der Waals surface area contributed by atoms with Crippen LogP contribution in [0.1, 0.15) is 11.3 Å². The van der Waals surface area contributed by atoms with Gasteiger partial charge in [-0.25, -0.2) is 0 Å². The van der Waals surface area contributed by atoms with E-state index in [1.165, 1.54) is 10.9 Å². The maximum Gasteiger partial charge on any atom is 0.0934 e. The van der Waals surface area contributed by atoms with Gasteiger partial charge >= 0.3 is 0 Å². The highest BCUT2D eigenvalue weighted by molar-refractivity contribution is 5.90. The molecule has 16 heavy (non-hydrogen) atoms. The zero-order valence-corrected chi connectivity index (χ0v) is 8.75. The van der Waals surface area contributed by atoms with Crippen LogP contribution in [0.5, 0.6) is 0 Å². The first-order valence-corrected chi connectivity index (χ1v) is 5.34. The highest BCUT2D eigenvalue weighted by atomic mass is 14.9. The lowest BCUT2D eigenvalue weighted by Crippen LogP contribution is -2.22. The average Bonchev–Trinajstić information content (AvgIpc) is 2.69. The Morgan fingerprint density at radius 2 is 2.19 bits per heavy atom. The number of nitriles is 1. The minimum absolute atomic E-state index is 0.891. The summed E-state index contributed by atoms with van der Waals surface area (Å²) in [6.07, 6.45) is 2.56. The van der Waals surface area contributed by atoms with E-state index in [1.807, 2.05) is 12.1 Å². The third-order valence-corrected chi connectivity index (χ3v) is 2.98. The van der Waals surface area contributed by atoms with Crippen molar-refractivity contribution in [2.75, 3.05) is 6.54 Å². The number of fused-ring (bicyclic) bond motifs is 3. The second kappa shape index (κ2) is 3.42. The summed E-state index contributed by atoms with van der Waals surface area (Å²) in [5.74, 6) is 0. The maximum atomic E-state index is 8.74. The first-order chi connectivity index (χ1) is 7.90. The van der Waals surface area contributed by atoms with Crippen LogP contribution < -0.4 is 5.32 Å². The van der Waals surface area contributed by atoms with Gasteiger partial charge in [0, 0.05) is 23.5 Å². The molecule has 3 nitrogen and oxygen atoms in total. The molecule has 1 aromatic heterocycles. The first kappa shape index (κ1) is 9.05. The van der Waals surface area contributed by atoms with Gasteiger partial charge in [0.05, 0.1) is 17.5 Å². The lowest BCUT2D eigenvalue weighted by molar-refractivity contribution is 0.814. The van der Waals surface area contributed by atoms with Crippen molar-refractivity contribution in [1.29, 1.82) is 5.26 Å². The highest BCUT2D eigenvalue weighted by Crippen LogP contribution is 2.28. The van der Waals surface area contributed by atoms with E-state index in [9.17, 15) is 0 Å². The monoisotopic (exact) mass is 209 g/mol. The first-order valence-electron chi connectivity index (χ1n) is 5.34. The van der Waals surface area contributed by atoms with Crippen LogP contribution in [0.25, 0.3) is 16.6 Å². The molecule has 0 amide bonds. The summed E-state index contributed by atoms with van der Waals surface area (Å²) in [5, 5.41) is 13.2. The lowest BCUT2D eigenvalue weighted by Gasteiger charge is -2.16. The Hall–Kier alpha value is -2.21. The van der Waals surface area contributed by atoms with Crippen molar-refractivity contribution in [3.63, 3.8) is 0 Å². The second-order valence-corrected chi connectivity index (χ2v) is 3.89. The minimum Gasteiger partial charge on any atom is -0.382 e. The molecule has 0 atom stereocenters. The van der Waals surface area contributed by atoms with Crippen molar-refractivity contribution >= 4 is 16.6 Å². The fourth-order valence-corrected chi connectivity index (χ4v) is 2.29. The number of benzene rings is 1. The molecular formula is C13H11N3. The highest BCUT2D eigenvalue weighted by Gasteiger charge is 2.18. The third kappa shape index (κ3) is 1.20. The molecule has 0 fully saturated rings. The topological polar surface area (TPSA) is 51.6 Å². The number of rotatable bonds is 0. The molecule has 78 valence electrons. The van der Waals surface area contributed by atoms with Crippen LogP contribution in [0.3, 0.4) is 0 Å². The van der Waals surface area contributed by atoms with Crippen molar-refractivity contribution < 1.29 is 0 Å². The predicted molar refractivity (Wildman–Crippen MR) is 63.6 cm³/mol. The van der Waals surface area contributed by atoms with Crippen molar-refractivity contribution in [1.82, 2.24) is 10.3 Å². The minimum atomic E-state index is 0.891. The fourth-order valence-electron chi connectivity index (χ4n) is 2.29. The van der Waals surface area contributed by atoms with Gasteiger partial charge in [0.1, 0.15) is 0 Å². The zero-order valence-electron chi connectivity index (χ0n) is 8.75. The molecule has 1 aromatic carbocycles. The van der Waals surface area contributed by atoms with Gasteiger partial charge in [-0.15, -0.1) is 0 Å². The predicted octanol–water partition coefficient (Wildman–Crippen LogP) is 2.18. The van der Waals surface area contributed by atoms with E-state index in [0.717, 1.165) is 29.9 Å². The van der Waals surface area contributed by atoms with E-state index in [4.69, 9.17) is 5.26 Å². The summed E-state index contributed by atoms with van der Waals surface area (Å²) < 4.78 is 0. The maximum absolute atomic E-state index is 8.74. The average molecular weight is 209 g/mol. The van der Waals surface area contributed by atoms with Crippen molar-refractivity contribution in [3.05, 3.63) is 41.6 Å². The van der Waals surface area contributed by atoms with Crippen molar-refractivity contribution in [3.8, 4) is 6.07 Å². The number of allylic oxidation sites excluding steroid dienone is 1. The Bertz CT molecular complexity index is 614. The summed E-state index contributed by atoms with van der Waals surface area (Å²) >= 11 is 0. The molecule has 2 heterocycles. The van der Waals surface area contributed by atoms with E-state index in [-0.39, 0.29) is 0 Å². The normalized spacial score (nSPS) is 16.8. The van der Waals surface area contributed by atoms with Gasteiger partial charge < -0.3 is 10.3 Å². The number of aromatic amines is 1. The van der Waals surface area contributed by atoms with E-state index >= 15 is 0 Å². The molecule has 0 aliphatic carbocycles. The van der Waals surface area contributed by atoms with Crippen LogP contribution in [0.15, 0.2) is 30.3 Å². The molecule has 0 radical (unpaired) electrons. The van der Waals surface area contributed by atoms with Crippen LogP contribution in [0.2, 0.25) is 0 Å². The van der Waals surface area contributed by atoms with Gasteiger partial charge in [-0.1, -0.05) is 18.2 Å². The quantitative estimate of drug-likeness (QED) is 0.653. The molecule has 2 aromatic rings. The molecule has 1 aliphatic heterocycles. The number of nitrogens with zero attached hydrogens (tertiary/aromatic N) is 1. The van der Waals surface area contributed by atoms with Crippen LogP contribution >= 0.6 is 0 Å². The third-order valence-electron chi connectivity index (χ3n) is 2.98. The van der Waals surface area contributed by atoms with Gasteiger partial charge in [-0.3, -0.25) is 0 Å². The number of hydrogen-bond acceptors (Lipinski definition) is 2. The summed E-state index contributed by atoms with van der Waals surface area (Å²) in [5.41, 5.74) is 4.42. The summed E-state index contributed by atoms with van der Waals surface area (Å²) in [7, 11) is 0. The Kier molecular flexibility index (Phi) is 1.94. The lowest BCUT2D eigenvalue weighted by atomic mass is 10.0. The fraction of sp³-hybridized carbons (Fsp3) is 0.154. The van der Waals surface area contributed by atoms with Gasteiger partial charge in [-0.2, -0.15) is 5.26 Å². The van der Waals surface area contributed by atoms with E-state index in [2.05, 4.69) is 28.5 Å². The number of aromatic nitrogens is 1. The summed E-state index contributed by atoms with van der Waals surface area (Å²) in [6.45, 7) is 0.891. The number of H-pyrrole nitrogens is 1. The number of hydrogen-bond donors (Lipinski definition) is 2. The largest absolute Gasteiger partial charge is 0.382 e. The number of nitrogens with one attached hydrogen (secondary N) is 2. The Balaban J connectivity index is 2.30. The Labute approximate surface area is 93.4 Å². The number of para-hydroxylation sites is 1. The molecule has 0 bridgehead atoms. The molecule has 0 spiro atoms. The molecule has 3 heteroatoms. The second-order valence-electron chi connectivity index (χ2n) is 3.89. The molecule has 0 saturated heterocycles. The van der Waals surface area contributed by atoms with Crippen LogP contribution in [0.4, 0.5) is 0 Å². The summed E-state index contributed by atoms with van der Waals surface area (Å²) in [4.78, 5) is 3.37. The Morgan fingerprint density at radius 1 is 1.31 bits per heavy atom. The molecule has 0 unspecified atom stereocenters. The van der Waals surface area contributed by atoms with Crippen molar-refractivity contribution in [2.45, 2.75) is 6.42 Å². The summed E-state index contributed by atoms with van der Waals surface area (Å²) in [6, 6.07) is 10.3. The zero-order chi connectivity index (χ0) is 11.0. The molecular weight excluding hydrogens is 198 g/mol. The Morgan fingerprint density at radius 3 is 3.06 bits per heavy atom. The molecule has 3 rings (SSSR count). The molecule has 0 saturated carbocycles. The molecule has 1 aliphatic rings. The van der Waals surface area contributed by atoms with Crippen molar-refractivity contribution in [2.24, 2.45) is 0 Å². The van der Waals surface area contributed by atoms with Crippen LogP contribution in [-0.4, -0.2) is 11.5 Å². The smallest absolute Gasteiger partial charge is 0.0934 e. The van der Waals surface area contributed by atoms with Gasteiger partial charge in [0.15, 0.2) is 0 Å². The van der Waals surface area contributed by atoms with Gasteiger partial charge in [0.2, 0.25) is 0 Å². The van der Waals surface area contributed by atoms with Gasteiger partial charge in [0.25, 0.3) is 0 Å². The standard InChI is InChI=1S/C13H11N3/c14-7-5-12-13-10(6-8-15-12)9-3-1-2-4-11(9)16-13/h1-5,15-16H,6,8H2.